The Labute approximate surface area is 124 Å². The van der Waals surface area contributed by atoms with Crippen molar-refractivity contribution in [2.45, 2.75) is 30.4 Å². The lowest BCUT2D eigenvalue weighted by Crippen LogP contribution is -2.00. The van der Waals surface area contributed by atoms with Crippen LogP contribution in [-0.2, 0) is 16.6 Å². The SMILES string of the molecule is CC(C)c1ccc(S(=O)Cc2csc(C(=O)O)n2)cc1. The number of carboxylic acids is 1. The van der Waals surface area contributed by atoms with Crippen LogP contribution in [0.25, 0.3) is 0 Å². The van der Waals surface area contributed by atoms with Crippen LogP contribution in [0.1, 0.15) is 40.8 Å². The van der Waals surface area contributed by atoms with Gasteiger partial charge in [-0.3, -0.25) is 4.21 Å². The summed E-state index contributed by atoms with van der Waals surface area (Å²) < 4.78 is 12.2. The van der Waals surface area contributed by atoms with Gasteiger partial charge < -0.3 is 5.11 Å². The number of hydrogen-bond donors (Lipinski definition) is 1. The molecule has 4 nitrogen and oxygen atoms in total. The minimum absolute atomic E-state index is 0.0344. The summed E-state index contributed by atoms with van der Waals surface area (Å²) in [7, 11) is -1.20. The summed E-state index contributed by atoms with van der Waals surface area (Å²) in [4.78, 5) is 15.4. The fourth-order valence-corrected chi connectivity index (χ4v) is 3.48. The molecule has 1 atom stereocenters. The first kappa shape index (κ1) is 14.9. The molecule has 0 aliphatic heterocycles. The molecule has 0 bridgehead atoms. The van der Waals surface area contributed by atoms with Crippen molar-refractivity contribution < 1.29 is 14.1 Å². The van der Waals surface area contributed by atoms with Gasteiger partial charge in [-0.1, -0.05) is 26.0 Å². The van der Waals surface area contributed by atoms with Crippen LogP contribution in [0.4, 0.5) is 0 Å². The van der Waals surface area contributed by atoms with Gasteiger partial charge in [0, 0.05) is 10.3 Å². The number of nitrogens with zero attached hydrogens (tertiary/aromatic N) is 1. The Balaban J connectivity index is 2.09. The second kappa shape index (κ2) is 6.28. The summed E-state index contributed by atoms with van der Waals surface area (Å²) in [6.07, 6.45) is 0. The van der Waals surface area contributed by atoms with Crippen molar-refractivity contribution in [3.8, 4) is 0 Å². The van der Waals surface area contributed by atoms with Crippen molar-refractivity contribution in [2.24, 2.45) is 0 Å². The first-order valence-electron chi connectivity index (χ1n) is 6.13. The van der Waals surface area contributed by atoms with E-state index in [2.05, 4.69) is 18.8 Å². The molecule has 6 heteroatoms. The molecule has 1 unspecified atom stereocenters. The topological polar surface area (TPSA) is 67.3 Å². The molecule has 0 aliphatic rings. The molecule has 0 amide bonds. The summed E-state index contributed by atoms with van der Waals surface area (Å²) >= 11 is 1.06. The highest BCUT2D eigenvalue weighted by Gasteiger charge is 2.12. The molecule has 106 valence electrons. The average molecular weight is 309 g/mol. The monoisotopic (exact) mass is 309 g/mol. The molecule has 1 aromatic carbocycles. The van der Waals surface area contributed by atoms with Crippen LogP contribution in [0.15, 0.2) is 34.5 Å². The second-order valence-corrected chi connectivity index (χ2v) is 6.97. The predicted octanol–water partition coefficient (Wildman–Crippen LogP) is 3.27. The summed E-state index contributed by atoms with van der Waals surface area (Å²) in [5.74, 6) is -0.368. The second-order valence-electron chi connectivity index (χ2n) is 4.66. The van der Waals surface area contributed by atoms with Crippen LogP contribution < -0.4 is 0 Å². The summed E-state index contributed by atoms with van der Waals surface area (Å²) in [6, 6.07) is 7.66. The summed E-state index contributed by atoms with van der Waals surface area (Å²) in [6.45, 7) is 4.21. The summed E-state index contributed by atoms with van der Waals surface area (Å²) in [5.41, 5.74) is 1.76. The van der Waals surface area contributed by atoms with Crippen LogP contribution in [0, 0.1) is 0 Å². The Hall–Kier alpha value is -1.53. The lowest BCUT2D eigenvalue weighted by atomic mass is 10.0. The Bertz CT molecular complexity index is 632. The molecule has 0 saturated heterocycles. The van der Waals surface area contributed by atoms with E-state index >= 15 is 0 Å². The van der Waals surface area contributed by atoms with E-state index in [0.29, 0.717) is 11.6 Å². The maximum absolute atomic E-state index is 12.2. The first-order chi connectivity index (χ1) is 9.47. The lowest BCUT2D eigenvalue weighted by Gasteiger charge is -2.06. The number of aromatic nitrogens is 1. The quantitative estimate of drug-likeness (QED) is 0.920. The van der Waals surface area contributed by atoms with Crippen molar-refractivity contribution in [1.82, 2.24) is 4.98 Å². The third-order valence-electron chi connectivity index (χ3n) is 2.82. The highest BCUT2D eigenvalue weighted by Crippen LogP contribution is 2.19. The van der Waals surface area contributed by atoms with E-state index in [1.807, 2.05) is 24.3 Å². The standard InChI is InChI=1S/C14H15NO3S2/c1-9(2)10-3-5-12(6-4-10)20(18)8-11-7-19-13(15-11)14(16)17/h3-7,9H,8H2,1-2H3,(H,16,17). The molecule has 0 fully saturated rings. The third-order valence-corrected chi connectivity index (χ3v) is 5.06. The summed E-state index contributed by atoms with van der Waals surface area (Å²) in [5, 5.41) is 10.5. The van der Waals surface area contributed by atoms with Crippen molar-refractivity contribution >= 4 is 28.1 Å². The van der Waals surface area contributed by atoms with Gasteiger partial charge >= 0.3 is 5.97 Å². The van der Waals surface area contributed by atoms with Crippen LogP contribution in [-0.4, -0.2) is 20.3 Å². The number of thiazole rings is 1. The minimum Gasteiger partial charge on any atom is -0.476 e. The number of aromatic carboxylic acids is 1. The van der Waals surface area contributed by atoms with Crippen molar-refractivity contribution in [3.63, 3.8) is 0 Å². The highest BCUT2D eigenvalue weighted by atomic mass is 32.2. The van der Waals surface area contributed by atoms with Gasteiger partial charge in [0.1, 0.15) is 0 Å². The molecule has 0 saturated carbocycles. The van der Waals surface area contributed by atoms with Crippen molar-refractivity contribution in [2.75, 3.05) is 0 Å². The number of benzene rings is 1. The molecule has 1 N–H and O–H groups in total. The van der Waals surface area contributed by atoms with Gasteiger partial charge in [0.15, 0.2) is 0 Å². The molecular weight excluding hydrogens is 294 g/mol. The Morgan fingerprint density at radius 3 is 2.50 bits per heavy atom. The number of carboxylic acid groups (broad SMARTS) is 1. The molecule has 0 aliphatic carbocycles. The highest BCUT2D eigenvalue weighted by molar-refractivity contribution is 7.84. The van der Waals surface area contributed by atoms with Gasteiger partial charge in [-0.15, -0.1) is 11.3 Å². The van der Waals surface area contributed by atoms with Gasteiger partial charge in [-0.2, -0.15) is 0 Å². The van der Waals surface area contributed by atoms with Crippen LogP contribution in [0.2, 0.25) is 0 Å². The minimum atomic E-state index is -1.20. The van der Waals surface area contributed by atoms with Gasteiger partial charge in [-0.05, 0) is 23.6 Å². The van der Waals surface area contributed by atoms with Gasteiger partial charge in [0.2, 0.25) is 5.01 Å². The zero-order valence-electron chi connectivity index (χ0n) is 11.2. The van der Waals surface area contributed by atoms with Crippen molar-refractivity contribution in [1.29, 1.82) is 0 Å². The predicted molar refractivity (Wildman–Crippen MR) is 79.7 cm³/mol. The maximum atomic E-state index is 12.2. The maximum Gasteiger partial charge on any atom is 0.365 e. The zero-order chi connectivity index (χ0) is 14.7. The van der Waals surface area contributed by atoms with Gasteiger partial charge in [0.05, 0.1) is 22.2 Å². The normalized spacial score (nSPS) is 12.6. The van der Waals surface area contributed by atoms with E-state index in [1.165, 1.54) is 5.56 Å². The van der Waals surface area contributed by atoms with E-state index in [0.717, 1.165) is 16.2 Å². The van der Waals surface area contributed by atoms with E-state index < -0.39 is 16.8 Å². The Kier molecular flexibility index (Phi) is 4.67. The molecule has 2 aromatic rings. The van der Waals surface area contributed by atoms with E-state index in [1.54, 1.807) is 5.38 Å². The molecule has 0 radical (unpaired) electrons. The van der Waals surface area contributed by atoms with Crippen LogP contribution >= 0.6 is 11.3 Å². The first-order valence-corrected chi connectivity index (χ1v) is 8.33. The smallest absolute Gasteiger partial charge is 0.365 e. The van der Waals surface area contributed by atoms with Gasteiger partial charge in [-0.25, -0.2) is 9.78 Å². The molecule has 1 heterocycles. The van der Waals surface area contributed by atoms with E-state index in [-0.39, 0.29) is 10.8 Å². The van der Waals surface area contributed by atoms with Gasteiger partial charge in [0.25, 0.3) is 0 Å². The molecule has 2 rings (SSSR count). The van der Waals surface area contributed by atoms with Crippen LogP contribution in [0.3, 0.4) is 0 Å². The number of rotatable bonds is 5. The molecule has 1 aromatic heterocycles. The molecule has 20 heavy (non-hydrogen) atoms. The largest absolute Gasteiger partial charge is 0.476 e. The molecule has 0 spiro atoms. The van der Waals surface area contributed by atoms with E-state index in [9.17, 15) is 9.00 Å². The zero-order valence-corrected chi connectivity index (χ0v) is 12.8. The number of hydrogen-bond acceptors (Lipinski definition) is 4. The van der Waals surface area contributed by atoms with Crippen molar-refractivity contribution in [3.05, 3.63) is 45.9 Å². The van der Waals surface area contributed by atoms with E-state index in [4.69, 9.17) is 5.11 Å². The Morgan fingerprint density at radius 1 is 1.35 bits per heavy atom. The third kappa shape index (κ3) is 3.52. The number of carbonyl (C=O) groups is 1. The molecular formula is C14H15NO3S2. The average Bonchev–Trinajstić information content (AvgIpc) is 2.87. The fraction of sp³-hybridized carbons (Fsp3) is 0.286. The lowest BCUT2D eigenvalue weighted by molar-refractivity contribution is 0.0696. The van der Waals surface area contributed by atoms with Crippen LogP contribution in [0.5, 0.6) is 0 Å². The Morgan fingerprint density at radius 2 is 2.00 bits per heavy atom. The fourth-order valence-electron chi connectivity index (χ4n) is 1.69.